The molecule has 0 aliphatic carbocycles. The zero-order valence-electron chi connectivity index (χ0n) is 27.7. The Bertz CT molecular complexity index is 1760. The fourth-order valence-corrected chi connectivity index (χ4v) is 8.15. The number of piperidine rings is 1. The van der Waals surface area contributed by atoms with Gasteiger partial charge in [-0.1, -0.05) is 6.58 Å². The second kappa shape index (κ2) is 14.3. The Morgan fingerprint density at radius 2 is 1.98 bits per heavy atom. The third-order valence-corrected chi connectivity index (χ3v) is 10.6. The Hall–Kier alpha value is -3.95. The van der Waals surface area contributed by atoms with Gasteiger partial charge in [0.1, 0.15) is 33.5 Å². The van der Waals surface area contributed by atoms with Gasteiger partial charge in [0.2, 0.25) is 11.9 Å². The van der Waals surface area contributed by atoms with Crippen molar-refractivity contribution in [2.75, 3.05) is 73.5 Å². The highest BCUT2D eigenvalue weighted by atomic mass is 32.2. The summed E-state index contributed by atoms with van der Waals surface area (Å²) in [6.45, 7) is 8.76. The molecule has 15 heteroatoms. The molecule has 5 atom stereocenters. The Morgan fingerprint density at radius 3 is 2.71 bits per heavy atom. The van der Waals surface area contributed by atoms with Crippen molar-refractivity contribution < 1.29 is 22.3 Å². The van der Waals surface area contributed by atoms with E-state index in [0.717, 1.165) is 35.0 Å². The minimum atomic E-state index is -3.11. The summed E-state index contributed by atoms with van der Waals surface area (Å²) in [7, 11) is -1.27. The van der Waals surface area contributed by atoms with Crippen LogP contribution in [0.1, 0.15) is 37.8 Å². The highest BCUT2D eigenvalue weighted by Crippen LogP contribution is 2.41. The molecule has 3 saturated heterocycles. The van der Waals surface area contributed by atoms with Crippen molar-refractivity contribution >= 4 is 49.9 Å². The average Bonchev–Trinajstić information content (AvgIpc) is 3.56. The second-order valence-electron chi connectivity index (χ2n) is 12.9. The number of pyridine rings is 2. The SMILES string of the molecule is C=CC(=O)N1CCCC1c1cnc(N2C[C@H](CS(C)(=O)=O)[C@H]2C)c2cnc(Nc3ccnc(N4CC[C@@H](OCCNC)[C@@H](F)C4)n3)cc12. The number of likely N-dealkylation sites (tertiary alicyclic amines) is 1. The molecule has 1 unspecified atom stereocenters. The number of nitrogens with zero attached hydrogens (tertiary/aromatic N) is 7. The first-order valence-electron chi connectivity index (χ1n) is 16.5. The maximum atomic E-state index is 15.0. The predicted molar refractivity (Wildman–Crippen MR) is 184 cm³/mol. The third-order valence-electron chi connectivity index (χ3n) is 9.59. The van der Waals surface area contributed by atoms with Crippen molar-refractivity contribution in [2.45, 2.75) is 50.5 Å². The predicted octanol–water partition coefficient (Wildman–Crippen LogP) is 3.04. The summed E-state index contributed by atoms with van der Waals surface area (Å²) in [6, 6.07) is 3.49. The van der Waals surface area contributed by atoms with Crippen molar-refractivity contribution in [1.29, 1.82) is 0 Å². The van der Waals surface area contributed by atoms with Gasteiger partial charge in [-0.3, -0.25) is 4.79 Å². The number of likely N-dealkylation sites (N-methyl/N-ethyl adjacent to an activating group) is 1. The van der Waals surface area contributed by atoms with Gasteiger partial charge in [-0.05, 0) is 56.8 Å². The van der Waals surface area contributed by atoms with E-state index in [1.807, 2.05) is 36.0 Å². The quantitative estimate of drug-likeness (QED) is 0.214. The smallest absolute Gasteiger partial charge is 0.246 e. The summed E-state index contributed by atoms with van der Waals surface area (Å²) in [4.78, 5) is 37.2. The molecule has 0 spiro atoms. The first kappa shape index (κ1) is 33.9. The van der Waals surface area contributed by atoms with E-state index in [1.54, 1.807) is 18.5 Å². The van der Waals surface area contributed by atoms with Crippen molar-refractivity contribution in [3.8, 4) is 0 Å². The van der Waals surface area contributed by atoms with E-state index in [1.165, 1.54) is 12.3 Å². The number of amides is 1. The Morgan fingerprint density at radius 1 is 1.15 bits per heavy atom. The largest absolute Gasteiger partial charge is 0.374 e. The maximum Gasteiger partial charge on any atom is 0.246 e. The van der Waals surface area contributed by atoms with Crippen LogP contribution in [0.3, 0.4) is 0 Å². The number of rotatable bonds is 12. The van der Waals surface area contributed by atoms with Crippen LogP contribution in [-0.4, -0.2) is 116 Å². The lowest BCUT2D eigenvalue weighted by molar-refractivity contribution is -0.126. The second-order valence-corrected chi connectivity index (χ2v) is 15.1. The monoisotopic (exact) mass is 681 g/mol. The van der Waals surface area contributed by atoms with Gasteiger partial charge in [0.15, 0.2) is 0 Å². The van der Waals surface area contributed by atoms with Crippen LogP contribution in [-0.2, 0) is 19.4 Å². The van der Waals surface area contributed by atoms with Crippen LogP contribution in [0, 0.1) is 5.92 Å². The molecular formula is C33H44FN9O4S. The van der Waals surface area contributed by atoms with Gasteiger partial charge in [0.05, 0.1) is 31.1 Å². The van der Waals surface area contributed by atoms with Crippen LogP contribution in [0.25, 0.3) is 10.8 Å². The number of sulfone groups is 1. The molecule has 3 aliphatic rings. The number of ether oxygens (including phenoxy) is 1. The topological polar surface area (TPSA) is 146 Å². The average molecular weight is 682 g/mol. The molecule has 13 nitrogen and oxygen atoms in total. The zero-order valence-corrected chi connectivity index (χ0v) is 28.5. The summed E-state index contributed by atoms with van der Waals surface area (Å²) >= 11 is 0. The number of aromatic nitrogens is 4. The lowest BCUT2D eigenvalue weighted by Crippen LogP contribution is -2.57. The summed E-state index contributed by atoms with van der Waals surface area (Å²) in [5.74, 6) is 2.21. The van der Waals surface area contributed by atoms with Crippen molar-refractivity contribution in [1.82, 2.24) is 30.2 Å². The van der Waals surface area contributed by atoms with E-state index in [2.05, 4.69) is 32.1 Å². The molecule has 0 radical (unpaired) electrons. The Labute approximate surface area is 280 Å². The molecule has 0 saturated carbocycles. The summed E-state index contributed by atoms with van der Waals surface area (Å²) in [6.07, 6.45) is 8.44. The van der Waals surface area contributed by atoms with E-state index in [4.69, 9.17) is 14.7 Å². The molecule has 3 aliphatic heterocycles. The van der Waals surface area contributed by atoms with Crippen LogP contribution in [0.5, 0.6) is 0 Å². The van der Waals surface area contributed by atoms with Crippen LogP contribution in [0.15, 0.2) is 43.4 Å². The standard InChI is InChI=1S/C33H44FN9O4S/c1-5-31(44)42-12-6-7-27(42)24-16-38-32(43-18-22(21(43)2)20-48(4,45)46)25-17-37-30(15-23(24)25)39-29-8-10-36-33(40-29)41-13-9-28(26(34)19-41)47-14-11-35-3/h5,8,10,15-17,21-22,26-28,35H,1,6-7,9,11-14,18-20H2,2-4H3,(H,36,37,39,40)/t21-,22-,26+,27?,28-/m1/s1. The third kappa shape index (κ3) is 7.22. The van der Waals surface area contributed by atoms with Crippen LogP contribution >= 0.6 is 0 Å². The number of anilines is 4. The van der Waals surface area contributed by atoms with Crippen LogP contribution in [0.2, 0.25) is 0 Å². The molecule has 2 N–H and O–H groups in total. The highest BCUT2D eigenvalue weighted by molar-refractivity contribution is 7.90. The number of carbonyl (C=O) groups is 1. The van der Waals surface area contributed by atoms with Gasteiger partial charge in [0.25, 0.3) is 0 Å². The summed E-state index contributed by atoms with van der Waals surface area (Å²) < 4.78 is 44.7. The maximum absolute atomic E-state index is 15.0. The van der Waals surface area contributed by atoms with E-state index in [9.17, 15) is 17.6 Å². The highest BCUT2D eigenvalue weighted by Gasteiger charge is 2.40. The zero-order chi connectivity index (χ0) is 34.0. The van der Waals surface area contributed by atoms with Crippen molar-refractivity contribution in [3.63, 3.8) is 0 Å². The van der Waals surface area contributed by atoms with Crippen molar-refractivity contribution in [2.24, 2.45) is 5.92 Å². The Kier molecular flexibility index (Phi) is 10.1. The van der Waals surface area contributed by atoms with Gasteiger partial charge in [0, 0.05) is 73.9 Å². The summed E-state index contributed by atoms with van der Waals surface area (Å²) in [5.41, 5.74) is 0.907. The number of hydrogen-bond donors (Lipinski definition) is 2. The lowest BCUT2D eigenvalue weighted by atomic mass is 9.90. The molecule has 258 valence electrons. The Balaban J connectivity index is 1.27. The van der Waals surface area contributed by atoms with E-state index in [0.29, 0.717) is 56.8 Å². The van der Waals surface area contributed by atoms with Gasteiger partial charge in [-0.15, -0.1) is 0 Å². The molecule has 6 rings (SSSR count). The number of halogens is 1. The fraction of sp³-hybridized carbons (Fsp3) is 0.545. The molecule has 48 heavy (non-hydrogen) atoms. The molecule has 3 aromatic rings. The fourth-order valence-electron chi connectivity index (χ4n) is 6.99. The molecule has 0 bridgehead atoms. The number of fused-ring (bicyclic) bond motifs is 1. The number of nitrogens with one attached hydrogen (secondary N) is 2. The molecule has 0 aromatic carbocycles. The first-order chi connectivity index (χ1) is 23.1. The first-order valence-corrected chi connectivity index (χ1v) is 18.5. The van der Waals surface area contributed by atoms with Gasteiger partial charge in [-0.25, -0.2) is 27.8 Å². The minimum Gasteiger partial charge on any atom is -0.374 e. The van der Waals surface area contributed by atoms with E-state index in [-0.39, 0.29) is 36.2 Å². The number of carbonyl (C=O) groups excluding carboxylic acids is 1. The van der Waals surface area contributed by atoms with Gasteiger partial charge in [-0.2, -0.15) is 4.98 Å². The van der Waals surface area contributed by atoms with Crippen LogP contribution < -0.4 is 20.4 Å². The van der Waals surface area contributed by atoms with Crippen molar-refractivity contribution in [3.05, 3.63) is 48.9 Å². The van der Waals surface area contributed by atoms with Gasteiger partial charge >= 0.3 is 0 Å². The molecule has 3 aromatic heterocycles. The minimum absolute atomic E-state index is 0.0114. The van der Waals surface area contributed by atoms with E-state index >= 15 is 0 Å². The summed E-state index contributed by atoms with van der Waals surface area (Å²) in [5, 5.41) is 8.01. The van der Waals surface area contributed by atoms with Crippen LogP contribution in [0.4, 0.5) is 27.8 Å². The molecule has 3 fully saturated rings. The normalized spacial score (nSPS) is 24.5. The number of hydrogen-bond acceptors (Lipinski definition) is 12. The molecule has 6 heterocycles. The lowest BCUT2D eigenvalue weighted by Gasteiger charge is -2.47. The molecule has 1 amide bonds. The van der Waals surface area contributed by atoms with Gasteiger partial charge < -0.3 is 30.1 Å². The van der Waals surface area contributed by atoms with E-state index < -0.39 is 22.1 Å². The number of alkyl halides is 1. The molecular weight excluding hydrogens is 637 g/mol.